The van der Waals surface area contributed by atoms with Crippen LogP contribution in [0.5, 0.6) is 0 Å². The molecule has 0 saturated heterocycles. The van der Waals surface area contributed by atoms with E-state index in [9.17, 15) is 18.0 Å². The van der Waals surface area contributed by atoms with Crippen molar-refractivity contribution in [3.05, 3.63) is 29.3 Å². The minimum Gasteiger partial charge on any atom is -0.443 e. The maximum atomic E-state index is 12.9. The Balaban J connectivity index is 1.96. The number of hydrogen-bond acceptors (Lipinski definition) is 2. The predicted octanol–water partition coefficient (Wildman–Crippen LogP) is 5.17. The molecule has 3 nitrogen and oxygen atoms in total. The van der Waals surface area contributed by atoms with Crippen LogP contribution in [0.15, 0.2) is 18.2 Å². The number of fused-ring (bicyclic) bond motifs is 1. The minimum atomic E-state index is -4.38. The van der Waals surface area contributed by atoms with Gasteiger partial charge in [-0.25, -0.2) is 4.79 Å². The number of anilines is 1. The Morgan fingerprint density at radius 3 is 2.38 bits per heavy atom. The molecule has 1 amide bonds. The lowest BCUT2D eigenvalue weighted by molar-refractivity contribution is -0.137. The average molecular weight is 341 g/mol. The Kier molecular flexibility index (Phi) is 4.04. The monoisotopic (exact) mass is 341 g/mol. The van der Waals surface area contributed by atoms with Crippen LogP contribution < -0.4 is 4.90 Å². The molecule has 1 aromatic rings. The van der Waals surface area contributed by atoms with Gasteiger partial charge in [0.1, 0.15) is 5.60 Å². The number of carbonyl (C=O) groups is 1. The molecule has 1 aromatic carbocycles. The molecule has 1 fully saturated rings. The van der Waals surface area contributed by atoms with Gasteiger partial charge in [0.25, 0.3) is 0 Å². The quantitative estimate of drug-likeness (QED) is 0.705. The standard InChI is InChI=1S/C18H22F3NO2/c1-17(2,3)24-16(23)22-14(11-4-5-11)8-6-12-10-13(18(19,20)21)7-9-15(12)22/h7,9-11,14H,4-6,8H2,1-3H3. The number of alkyl halides is 3. The number of nitrogens with zero attached hydrogens (tertiary/aromatic N) is 1. The van der Waals surface area contributed by atoms with Gasteiger partial charge >= 0.3 is 12.3 Å². The van der Waals surface area contributed by atoms with Crippen LogP contribution in [0.3, 0.4) is 0 Å². The predicted molar refractivity (Wildman–Crippen MR) is 85.0 cm³/mol. The van der Waals surface area contributed by atoms with Crippen LogP contribution in [0.25, 0.3) is 0 Å². The summed E-state index contributed by atoms with van der Waals surface area (Å²) >= 11 is 0. The second kappa shape index (κ2) is 5.67. The number of ether oxygens (including phenoxy) is 1. The van der Waals surface area contributed by atoms with E-state index in [0.29, 0.717) is 30.0 Å². The highest BCUT2D eigenvalue weighted by Gasteiger charge is 2.43. The lowest BCUT2D eigenvalue weighted by atomic mass is 9.92. The van der Waals surface area contributed by atoms with Crippen molar-refractivity contribution in [2.45, 2.75) is 64.3 Å². The minimum absolute atomic E-state index is 0.0177. The lowest BCUT2D eigenvalue weighted by Crippen LogP contribution is -2.47. The van der Waals surface area contributed by atoms with E-state index in [1.807, 2.05) is 0 Å². The highest BCUT2D eigenvalue weighted by molar-refractivity contribution is 5.90. The molecule has 24 heavy (non-hydrogen) atoms. The fourth-order valence-corrected chi connectivity index (χ4v) is 3.28. The topological polar surface area (TPSA) is 29.5 Å². The summed E-state index contributed by atoms with van der Waals surface area (Å²) in [6.07, 6.45) is -1.50. The summed E-state index contributed by atoms with van der Waals surface area (Å²) in [7, 11) is 0. The van der Waals surface area contributed by atoms with Crippen LogP contribution in [-0.4, -0.2) is 17.7 Å². The number of benzene rings is 1. The number of aryl methyl sites for hydroxylation is 1. The van der Waals surface area contributed by atoms with E-state index in [1.54, 1.807) is 25.7 Å². The Morgan fingerprint density at radius 1 is 1.17 bits per heavy atom. The summed E-state index contributed by atoms with van der Waals surface area (Å²) < 4.78 is 44.3. The molecule has 1 atom stereocenters. The van der Waals surface area contributed by atoms with Crippen molar-refractivity contribution >= 4 is 11.8 Å². The number of rotatable bonds is 1. The molecule has 0 radical (unpaired) electrons. The summed E-state index contributed by atoms with van der Waals surface area (Å²) in [5.74, 6) is 0.424. The highest BCUT2D eigenvalue weighted by atomic mass is 19.4. The number of amides is 1. The van der Waals surface area contributed by atoms with Crippen molar-refractivity contribution in [3.63, 3.8) is 0 Å². The SMILES string of the molecule is CC(C)(C)OC(=O)N1c2ccc(C(F)(F)F)cc2CCC1C1CC1. The molecule has 3 rings (SSSR count). The third-order valence-electron chi connectivity index (χ3n) is 4.46. The molecule has 1 unspecified atom stereocenters. The van der Waals surface area contributed by atoms with Gasteiger partial charge in [-0.15, -0.1) is 0 Å². The average Bonchev–Trinajstić information content (AvgIpc) is 3.27. The zero-order chi connectivity index (χ0) is 17.7. The molecule has 0 bridgehead atoms. The van der Waals surface area contributed by atoms with Crippen molar-refractivity contribution in [1.29, 1.82) is 0 Å². The summed E-state index contributed by atoms with van der Waals surface area (Å²) in [5, 5.41) is 0. The van der Waals surface area contributed by atoms with E-state index in [1.165, 1.54) is 6.07 Å². The summed E-state index contributed by atoms with van der Waals surface area (Å²) in [4.78, 5) is 14.3. The van der Waals surface area contributed by atoms with Crippen LogP contribution in [0.2, 0.25) is 0 Å². The number of hydrogen-bond donors (Lipinski definition) is 0. The van der Waals surface area contributed by atoms with Crippen molar-refractivity contribution in [1.82, 2.24) is 0 Å². The Labute approximate surface area is 139 Å². The van der Waals surface area contributed by atoms with Gasteiger partial charge in [-0.2, -0.15) is 13.2 Å². The third-order valence-corrected chi connectivity index (χ3v) is 4.46. The smallest absolute Gasteiger partial charge is 0.416 e. The third kappa shape index (κ3) is 3.52. The van der Waals surface area contributed by atoms with Crippen molar-refractivity contribution in [3.8, 4) is 0 Å². The Bertz CT molecular complexity index is 645. The first-order chi connectivity index (χ1) is 11.1. The second-order valence-corrected chi connectivity index (χ2v) is 7.64. The van der Waals surface area contributed by atoms with E-state index < -0.39 is 23.4 Å². The van der Waals surface area contributed by atoms with Gasteiger partial charge in [0.15, 0.2) is 0 Å². The van der Waals surface area contributed by atoms with E-state index in [4.69, 9.17) is 4.74 Å². The second-order valence-electron chi connectivity index (χ2n) is 7.64. The molecule has 1 aliphatic carbocycles. The first-order valence-corrected chi connectivity index (χ1v) is 8.28. The molecule has 1 heterocycles. The van der Waals surface area contributed by atoms with E-state index in [0.717, 1.165) is 25.0 Å². The van der Waals surface area contributed by atoms with Crippen LogP contribution >= 0.6 is 0 Å². The van der Waals surface area contributed by atoms with Crippen molar-refractivity contribution < 1.29 is 22.7 Å². The van der Waals surface area contributed by atoms with E-state index in [2.05, 4.69) is 0 Å². The fraction of sp³-hybridized carbons (Fsp3) is 0.611. The highest BCUT2D eigenvalue weighted by Crippen LogP contribution is 2.44. The van der Waals surface area contributed by atoms with Gasteiger partial charge in [0, 0.05) is 6.04 Å². The van der Waals surface area contributed by atoms with Gasteiger partial charge in [-0.3, -0.25) is 4.90 Å². The summed E-state index contributed by atoms with van der Waals surface area (Å²) in [6, 6.07) is 3.64. The Morgan fingerprint density at radius 2 is 1.83 bits per heavy atom. The van der Waals surface area contributed by atoms with Gasteiger partial charge in [0.2, 0.25) is 0 Å². The molecular formula is C18H22F3NO2. The molecule has 1 aliphatic heterocycles. The summed E-state index contributed by atoms with van der Waals surface area (Å²) in [5.41, 5.74) is -0.197. The molecule has 6 heteroatoms. The van der Waals surface area contributed by atoms with Crippen LogP contribution in [0.1, 0.15) is 51.2 Å². The maximum Gasteiger partial charge on any atom is 0.416 e. The zero-order valence-corrected chi connectivity index (χ0v) is 14.1. The first-order valence-electron chi connectivity index (χ1n) is 8.28. The maximum absolute atomic E-state index is 12.9. The summed E-state index contributed by atoms with van der Waals surface area (Å²) in [6.45, 7) is 5.36. The van der Waals surface area contributed by atoms with Crippen LogP contribution in [0.4, 0.5) is 23.7 Å². The first kappa shape index (κ1) is 17.1. The lowest BCUT2D eigenvalue weighted by Gasteiger charge is -2.38. The van der Waals surface area contributed by atoms with Gasteiger partial charge in [0.05, 0.1) is 11.3 Å². The van der Waals surface area contributed by atoms with Gasteiger partial charge in [-0.1, -0.05) is 0 Å². The largest absolute Gasteiger partial charge is 0.443 e. The van der Waals surface area contributed by atoms with E-state index in [-0.39, 0.29) is 6.04 Å². The molecule has 2 aliphatic rings. The fourth-order valence-electron chi connectivity index (χ4n) is 3.28. The van der Waals surface area contributed by atoms with Crippen LogP contribution in [-0.2, 0) is 17.3 Å². The van der Waals surface area contributed by atoms with Crippen LogP contribution in [0, 0.1) is 5.92 Å². The Hall–Kier alpha value is -1.72. The number of carbonyl (C=O) groups excluding carboxylic acids is 1. The molecular weight excluding hydrogens is 319 g/mol. The molecule has 0 N–H and O–H groups in total. The van der Waals surface area contributed by atoms with Crippen molar-refractivity contribution in [2.24, 2.45) is 5.92 Å². The van der Waals surface area contributed by atoms with E-state index >= 15 is 0 Å². The molecule has 0 aromatic heterocycles. The normalized spacial score (nSPS) is 21.4. The molecule has 0 spiro atoms. The molecule has 1 saturated carbocycles. The van der Waals surface area contributed by atoms with Gasteiger partial charge < -0.3 is 4.74 Å². The molecule has 132 valence electrons. The van der Waals surface area contributed by atoms with Gasteiger partial charge in [-0.05, 0) is 76.1 Å². The van der Waals surface area contributed by atoms with Crippen molar-refractivity contribution in [2.75, 3.05) is 4.90 Å². The number of halogens is 3. The zero-order valence-electron chi connectivity index (χ0n) is 14.1.